The number of carbonyl (C=O) groups excluding carboxylic acids is 1. The number of carbonyl (C=O) groups is 1. The van der Waals surface area contributed by atoms with Crippen molar-refractivity contribution in [2.45, 2.75) is 33.4 Å². The van der Waals surface area contributed by atoms with Crippen molar-refractivity contribution in [3.8, 4) is 0 Å². The Kier molecular flexibility index (Phi) is 5.39. The minimum atomic E-state index is -0.391. The van der Waals surface area contributed by atoms with Crippen molar-refractivity contribution >= 4 is 23.3 Å². The third kappa shape index (κ3) is 3.78. The third-order valence-corrected chi connectivity index (χ3v) is 5.55. The second-order valence-corrected chi connectivity index (χ2v) is 7.97. The molecule has 0 radical (unpaired) electrons. The second-order valence-electron chi connectivity index (χ2n) is 7.54. The summed E-state index contributed by atoms with van der Waals surface area (Å²) < 4.78 is 0. The van der Waals surface area contributed by atoms with E-state index in [0.29, 0.717) is 29.6 Å². The van der Waals surface area contributed by atoms with E-state index in [-0.39, 0.29) is 17.8 Å². The van der Waals surface area contributed by atoms with E-state index in [1.165, 1.54) is 6.07 Å². The monoisotopic (exact) mass is 380 g/mol. The van der Waals surface area contributed by atoms with Crippen LogP contribution < -0.4 is 0 Å². The number of likely N-dealkylation sites (tertiary alicyclic amines) is 1. The number of benzene rings is 1. The van der Waals surface area contributed by atoms with Gasteiger partial charge in [0.1, 0.15) is 0 Å². The highest BCUT2D eigenvalue weighted by molar-refractivity contribution is 6.30. The molecule has 0 saturated carbocycles. The fraction of sp³-hybridized carbons (Fsp3) is 0.611. The van der Waals surface area contributed by atoms with Gasteiger partial charge >= 0.3 is 6.03 Å². The predicted molar refractivity (Wildman–Crippen MR) is 100 cm³/mol. The first-order valence-corrected chi connectivity index (χ1v) is 9.35. The molecule has 2 aliphatic rings. The molecule has 0 N–H and O–H groups in total. The molecule has 1 atom stereocenters. The van der Waals surface area contributed by atoms with Gasteiger partial charge in [-0.05, 0) is 31.4 Å². The Morgan fingerprint density at radius 2 is 1.96 bits per heavy atom. The van der Waals surface area contributed by atoms with Gasteiger partial charge in [-0.15, -0.1) is 0 Å². The zero-order valence-corrected chi connectivity index (χ0v) is 16.2. The summed E-state index contributed by atoms with van der Waals surface area (Å²) in [4.78, 5) is 29.4. The topological polar surface area (TPSA) is 69.9 Å². The molecule has 26 heavy (non-hydrogen) atoms. The average molecular weight is 381 g/mol. The molecule has 1 aromatic carbocycles. The lowest BCUT2D eigenvalue weighted by atomic mass is 10.0. The molecule has 1 aromatic rings. The number of piperazine rings is 1. The maximum absolute atomic E-state index is 12.6. The van der Waals surface area contributed by atoms with Crippen molar-refractivity contribution in [3.63, 3.8) is 0 Å². The number of hydrogen-bond donors (Lipinski definition) is 0. The van der Waals surface area contributed by atoms with Crippen molar-refractivity contribution in [2.24, 2.45) is 5.92 Å². The Hall–Kier alpha value is -1.86. The van der Waals surface area contributed by atoms with Crippen molar-refractivity contribution in [2.75, 3.05) is 32.7 Å². The smallest absolute Gasteiger partial charge is 0.320 e. The number of hydrogen-bond acceptors (Lipinski definition) is 4. The number of amides is 2. The van der Waals surface area contributed by atoms with Crippen LogP contribution in [0.2, 0.25) is 5.02 Å². The molecule has 2 amide bonds. The van der Waals surface area contributed by atoms with E-state index in [0.717, 1.165) is 31.7 Å². The van der Waals surface area contributed by atoms with Gasteiger partial charge in [-0.2, -0.15) is 0 Å². The van der Waals surface area contributed by atoms with E-state index in [1.54, 1.807) is 13.0 Å². The number of nitro groups is 1. The first kappa shape index (κ1) is 18.9. The van der Waals surface area contributed by atoms with Crippen LogP contribution in [-0.4, -0.2) is 64.4 Å². The van der Waals surface area contributed by atoms with Crippen LogP contribution in [0.1, 0.15) is 25.0 Å². The van der Waals surface area contributed by atoms with Gasteiger partial charge in [0, 0.05) is 62.0 Å². The summed E-state index contributed by atoms with van der Waals surface area (Å²) >= 11 is 6.06. The third-order valence-electron chi connectivity index (χ3n) is 5.34. The molecule has 0 spiro atoms. The summed E-state index contributed by atoms with van der Waals surface area (Å²) in [5, 5.41) is 11.6. The van der Waals surface area contributed by atoms with Gasteiger partial charge in [0.15, 0.2) is 0 Å². The van der Waals surface area contributed by atoms with Gasteiger partial charge in [-0.1, -0.05) is 18.5 Å². The highest BCUT2D eigenvalue weighted by Gasteiger charge is 2.35. The molecule has 0 unspecified atom stereocenters. The lowest BCUT2D eigenvalue weighted by molar-refractivity contribution is -0.385. The largest absolute Gasteiger partial charge is 0.324 e. The van der Waals surface area contributed by atoms with Crippen LogP contribution in [-0.2, 0) is 6.54 Å². The summed E-state index contributed by atoms with van der Waals surface area (Å²) in [7, 11) is 0. The minimum absolute atomic E-state index is 0.0567. The van der Waals surface area contributed by atoms with Gasteiger partial charge in [-0.25, -0.2) is 4.79 Å². The minimum Gasteiger partial charge on any atom is -0.324 e. The lowest BCUT2D eigenvalue weighted by Gasteiger charge is -2.45. The van der Waals surface area contributed by atoms with Gasteiger partial charge in [0.2, 0.25) is 0 Å². The van der Waals surface area contributed by atoms with Crippen molar-refractivity contribution in [1.29, 1.82) is 0 Å². The SMILES string of the molecule is Cc1c(CN2CCN(C(=O)N3CC(C)C3)[C@@H](C)C2)cc(Cl)cc1[N+](=O)[O-]. The fourth-order valence-electron chi connectivity index (χ4n) is 3.81. The van der Waals surface area contributed by atoms with E-state index in [1.807, 2.05) is 9.80 Å². The maximum Gasteiger partial charge on any atom is 0.320 e. The second kappa shape index (κ2) is 7.40. The normalized spacial score (nSPS) is 21.6. The molecule has 2 saturated heterocycles. The first-order valence-electron chi connectivity index (χ1n) is 8.97. The number of halogens is 1. The summed E-state index contributed by atoms with van der Waals surface area (Å²) in [5.74, 6) is 0.595. The summed E-state index contributed by atoms with van der Waals surface area (Å²) in [6.07, 6.45) is 0. The van der Waals surface area contributed by atoms with E-state index in [4.69, 9.17) is 11.6 Å². The molecule has 0 aliphatic carbocycles. The molecule has 2 fully saturated rings. The van der Waals surface area contributed by atoms with Crippen molar-refractivity contribution in [1.82, 2.24) is 14.7 Å². The Morgan fingerprint density at radius 3 is 2.54 bits per heavy atom. The predicted octanol–water partition coefficient (Wildman–Crippen LogP) is 3.13. The van der Waals surface area contributed by atoms with Gasteiger partial charge < -0.3 is 9.80 Å². The van der Waals surface area contributed by atoms with Gasteiger partial charge in [0.25, 0.3) is 5.69 Å². The van der Waals surface area contributed by atoms with Gasteiger partial charge in [0.05, 0.1) is 4.92 Å². The Labute approximate surface area is 158 Å². The average Bonchev–Trinajstić information content (AvgIpc) is 2.54. The molecule has 0 aromatic heterocycles. The van der Waals surface area contributed by atoms with Crippen LogP contribution in [0.3, 0.4) is 0 Å². The standard InChI is InChI=1S/C18H25ClN4O3/c1-12-8-21(9-12)18(24)22-5-4-20(10-13(22)2)11-15-6-16(19)7-17(14(15)3)23(25)26/h6-7,12-13H,4-5,8-11H2,1-3H3/t13-/m0/s1. The van der Waals surface area contributed by atoms with Crippen LogP contribution in [0.5, 0.6) is 0 Å². The number of urea groups is 1. The van der Waals surface area contributed by atoms with Crippen molar-refractivity contribution in [3.05, 3.63) is 38.4 Å². The zero-order valence-electron chi connectivity index (χ0n) is 15.4. The Balaban J connectivity index is 1.65. The lowest BCUT2D eigenvalue weighted by Crippen LogP contribution is -2.60. The molecule has 2 heterocycles. The number of rotatable bonds is 3. The molecule has 2 aliphatic heterocycles. The number of nitrogens with zero attached hydrogens (tertiary/aromatic N) is 4. The maximum atomic E-state index is 12.6. The quantitative estimate of drug-likeness (QED) is 0.596. The van der Waals surface area contributed by atoms with E-state index < -0.39 is 4.92 Å². The van der Waals surface area contributed by atoms with Gasteiger partial charge in [-0.3, -0.25) is 15.0 Å². The zero-order chi connectivity index (χ0) is 19.0. The molecule has 7 nitrogen and oxygen atoms in total. The summed E-state index contributed by atoms with van der Waals surface area (Å²) in [6, 6.07) is 3.44. The highest BCUT2D eigenvalue weighted by Crippen LogP contribution is 2.28. The van der Waals surface area contributed by atoms with Crippen LogP contribution in [0.15, 0.2) is 12.1 Å². The van der Waals surface area contributed by atoms with Crippen molar-refractivity contribution < 1.29 is 9.72 Å². The summed E-state index contributed by atoms with van der Waals surface area (Å²) in [6.45, 7) is 10.4. The van der Waals surface area contributed by atoms with Crippen LogP contribution >= 0.6 is 11.6 Å². The van der Waals surface area contributed by atoms with E-state index >= 15 is 0 Å². The highest BCUT2D eigenvalue weighted by atomic mass is 35.5. The Morgan fingerprint density at radius 1 is 1.27 bits per heavy atom. The van der Waals surface area contributed by atoms with Crippen LogP contribution in [0.25, 0.3) is 0 Å². The summed E-state index contributed by atoms with van der Waals surface area (Å²) in [5.41, 5.74) is 1.58. The molecule has 142 valence electrons. The fourth-order valence-corrected chi connectivity index (χ4v) is 4.05. The van der Waals surface area contributed by atoms with E-state index in [2.05, 4.69) is 18.7 Å². The van der Waals surface area contributed by atoms with Crippen LogP contribution in [0, 0.1) is 23.0 Å². The van der Waals surface area contributed by atoms with Crippen LogP contribution in [0.4, 0.5) is 10.5 Å². The molecule has 8 heteroatoms. The molecule has 0 bridgehead atoms. The number of nitro benzene ring substituents is 1. The Bertz CT molecular complexity index is 721. The molecular weight excluding hydrogens is 356 g/mol. The van der Waals surface area contributed by atoms with E-state index in [9.17, 15) is 14.9 Å². The molecule has 3 rings (SSSR count). The molecular formula is C18H25ClN4O3. The first-order chi connectivity index (χ1) is 12.3.